The molecule has 3 aromatic rings. The third kappa shape index (κ3) is 5.08. The Labute approximate surface area is 170 Å². The van der Waals surface area contributed by atoms with E-state index >= 15 is 0 Å². The molecule has 0 spiro atoms. The van der Waals surface area contributed by atoms with Gasteiger partial charge < -0.3 is 18.9 Å². The molecule has 29 heavy (non-hydrogen) atoms. The molecule has 0 saturated carbocycles. The van der Waals surface area contributed by atoms with Crippen molar-refractivity contribution in [3.63, 3.8) is 0 Å². The normalized spacial score (nSPS) is 10.3. The number of hydrogen-bond acceptors (Lipinski definition) is 5. The Kier molecular flexibility index (Phi) is 6.74. The standard InChI is InChI=1S/C24H24O5/c1-26-21-13-18(14-22(27-2)24(21)28-3)16-29-23(25)15-17-9-11-20(12-10-17)19-7-5-4-6-8-19/h4-14H,15-16H2,1-3H3. The Balaban J connectivity index is 1.61. The van der Waals surface area contributed by atoms with Gasteiger partial charge in [-0.25, -0.2) is 0 Å². The lowest BCUT2D eigenvalue weighted by Crippen LogP contribution is -2.08. The van der Waals surface area contributed by atoms with E-state index in [9.17, 15) is 4.79 Å². The van der Waals surface area contributed by atoms with Gasteiger partial charge >= 0.3 is 5.97 Å². The van der Waals surface area contributed by atoms with Crippen LogP contribution in [-0.4, -0.2) is 27.3 Å². The summed E-state index contributed by atoms with van der Waals surface area (Å²) >= 11 is 0. The summed E-state index contributed by atoms with van der Waals surface area (Å²) in [5.41, 5.74) is 3.91. The highest BCUT2D eigenvalue weighted by Crippen LogP contribution is 2.38. The average molecular weight is 392 g/mol. The second-order valence-electron chi connectivity index (χ2n) is 6.43. The number of esters is 1. The Bertz CT molecular complexity index is 924. The number of carbonyl (C=O) groups is 1. The summed E-state index contributed by atoms with van der Waals surface area (Å²) in [5.74, 6) is 1.25. The first-order valence-corrected chi connectivity index (χ1v) is 9.23. The predicted octanol–water partition coefficient (Wildman–Crippen LogP) is 4.67. The van der Waals surface area contributed by atoms with Crippen molar-refractivity contribution in [3.05, 3.63) is 77.9 Å². The molecule has 0 aliphatic carbocycles. The second kappa shape index (κ2) is 9.64. The van der Waals surface area contributed by atoms with Crippen LogP contribution < -0.4 is 14.2 Å². The van der Waals surface area contributed by atoms with Gasteiger partial charge in [0.15, 0.2) is 11.5 Å². The van der Waals surface area contributed by atoms with Crippen molar-refractivity contribution in [2.45, 2.75) is 13.0 Å². The zero-order valence-corrected chi connectivity index (χ0v) is 16.8. The van der Waals surface area contributed by atoms with Gasteiger partial charge in [-0.2, -0.15) is 0 Å². The smallest absolute Gasteiger partial charge is 0.310 e. The van der Waals surface area contributed by atoms with Crippen LogP contribution in [0, 0.1) is 0 Å². The van der Waals surface area contributed by atoms with Crippen molar-refractivity contribution in [3.8, 4) is 28.4 Å². The molecule has 0 unspecified atom stereocenters. The molecule has 0 N–H and O–H groups in total. The van der Waals surface area contributed by atoms with Crippen LogP contribution in [0.2, 0.25) is 0 Å². The van der Waals surface area contributed by atoms with Gasteiger partial charge in [0.2, 0.25) is 5.75 Å². The van der Waals surface area contributed by atoms with Crippen molar-refractivity contribution in [2.24, 2.45) is 0 Å². The number of ether oxygens (including phenoxy) is 4. The average Bonchev–Trinajstić information content (AvgIpc) is 2.78. The quantitative estimate of drug-likeness (QED) is 0.522. The lowest BCUT2D eigenvalue weighted by Gasteiger charge is -2.14. The highest BCUT2D eigenvalue weighted by Gasteiger charge is 2.14. The van der Waals surface area contributed by atoms with Crippen LogP contribution >= 0.6 is 0 Å². The molecule has 3 aromatic carbocycles. The summed E-state index contributed by atoms with van der Waals surface area (Å²) in [6, 6.07) is 21.6. The van der Waals surface area contributed by atoms with Gasteiger partial charge in [0.05, 0.1) is 27.8 Å². The SMILES string of the molecule is COc1cc(COC(=O)Cc2ccc(-c3ccccc3)cc2)cc(OC)c1OC. The third-order valence-electron chi connectivity index (χ3n) is 4.53. The molecule has 3 rings (SSSR count). The monoisotopic (exact) mass is 392 g/mol. The summed E-state index contributed by atoms with van der Waals surface area (Å²) in [5, 5.41) is 0. The number of benzene rings is 3. The van der Waals surface area contributed by atoms with Gasteiger partial charge in [0.1, 0.15) is 6.61 Å². The summed E-state index contributed by atoms with van der Waals surface area (Å²) in [4.78, 5) is 12.3. The topological polar surface area (TPSA) is 54.0 Å². The molecular weight excluding hydrogens is 368 g/mol. The first-order valence-electron chi connectivity index (χ1n) is 9.23. The van der Waals surface area contributed by atoms with E-state index in [1.165, 1.54) is 0 Å². The number of rotatable bonds is 8. The first-order chi connectivity index (χ1) is 14.1. The van der Waals surface area contributed by atoms with Crippen LogP contribution in [0.4, 0.5) is 0 Å². The fraction of sp³-hybridized carbons (Fsp3) is 0.208. The fourth-order valence-corrected chi connectivity index (χ4v) is 3.05. The fourth-order valence-electron chi connectivity index (χ4n) is 3.05. The summed E-state index contributed by atoms with van der Waals surface area (Å²) in [6.07, 6.45) is 0.208. The van der Waals surface area contributed by atoms with E-state index < -0.39 is 0 Å². The van der Waals surface area contributed by atoms with E-state index in [0.717, 1.165) is 22.3 Å². The zero-order valence-electron chi connectivity index (χ0n) is 16.8. The van der Waals surface area contributed by atoms with Crippen LogP contribution in [-0.2, 0) is 22.6 Å². The summed E-state index contributed by atoms with van der Waals surface area (Å²) < 4.78 is 21.4. The molecule has 5 heteroatoms. The summed E-state index contributed by atoms with van der Waals surface area (Å²) in [6.45, 7) is 0.123. The van der Waals surface area contributed by atoms with Gasteiger partial charge in [-0.3, -0.25) is 4.79 Å². The molecular formula is C24H24O5. The number of carbonyl (C=O) groups excluding carboxylic acids is 1. The number of hydrogen-bond donors (Lipinski definition) is 0. The second-order valence-corrected chi connectivity index (χ2v) is 6.43. The largest absolute Gasteiger partial charge is 0.493 e. The minimum atomic E-state index is -0.300. The minimum Gasteiger partial charge on any atom is -0.493 e. The minimum absolute atomic E-state index is 0.123. The van der Waals surface area contributed by atoms with Gasteiger partial charge in [-0.05, 0) is 34.4 Å². The van der Waals surface area contributed by atoms with Gasteiger partial charge in [0, 0.05) is 0 Å². The molecule has 0 aliphatic heterocycles. The molecule has 0 aromatic heterocycles. The van der Waals surface area contributed by atoms with E-state index in [0.29, 0.717) is 17.2 Å². The van der Waals surface area contributed by atoms with Crippen LogP contribution in [0.5, 0.6) is 17.2 Å². The Morgan fingerprint density at radius 2 is 1.31 bits per heavy atom. The highest BCUT2D eigenvalue weighted by molar-refractivity contribution is 5.73. The van der Waals surface area contributed by atoms with E-state index in [-0.39, 0.29) is 19.0 Å². The first kappa shape index (κ1) is 20.3. The van der Waals surface area contributed by atoms with Crippen molar-refractivity contribution < 1.29 is 23.7 Å². The molecule has 0 heterocycles. The Morgan fingerprint density at radius 3 is 1.86 bits per heavy atom. The lowest BCUT2D eigenvalue weighted by atomic mass is 10.0. The maximum Gasteiger partial charge on any atom is 0.310 e. The van der Waals surface area contributed by atoms with Gasteiger partial charge in [0.25, 0.3) is 0 Å². The molecule has 0 saturated heterocycles. The molecule has 0 bridgehead atoms. The predicted molar refractivity (Wildman–Crippen MR) is 111 cm³/mol. The van der Waals surface area contributed by atoms with Crippen molar-refractivity contribution >= 4 is 5.97 Å². The molecule has 150 valence electrons. The van der Waals surface area contributed by atoms with Crippen LogP contribution in [0.25, 0.3) is 11.1 Å². The number of methoxy groups -OCH3 is 3. The van der Waals surface area contributed by atoms with E-state index in [1.807, 2.05) is 42.5 Å². The van der Waals surface area contributed by atoms with Gasteiger partial charge in [-0.1, -0.05) is 54.6 Å². The Hall–Kier alpha value is -3.47. The maximum absolute atomic E-state index is 12.3. The highest BCUT2D eigenvalue weighted by atomic mass is 16.5. The maximum atomic E-state index is 12.3. The van der Waals surface area contributed by atoms with Crippen LogP contribution in [0.1, 0.15) is 11.1 Å². The molecule has 0 fully saturated rings. The van der Waals surface area contributed by atoms with E-state index in [2.05, 4.69) is 12.1 Å². The zero-order chi connectivity index (χ0) is 20.6. The molecule has 0 aliphatic rings. The van der Waals surface area contributed by atoms with Crippen molar-refractivity contribution in [2.75, 3.05) is 21.3 Å². The summed E-state index contributed by atoms with van der Waals surface area (Å²) in [7, 11) is 4.64. The van der Waals surface area contributed by atoms with Crippen molar-refractivity contribution in [1.82, 2.24) is 0 Å². The Morgan fingerprint density at radius 1 is 0.724 bits per heavy atom. The molecule has 0 amide bonds. The lowest BCUT2D eigenvalue weighted by molar-refractivity contribution is -0.144. The van der Waals surface area contributed by atoms with Crippen LogP contribution in [0.3, 0.4) is 0 Å². The van der Waals surface area contributed by atoms with E-state index in [1.54, 1.807) is 33.5 Å². The molecule has 5 nitrogen and oxygen atoms in total. The molecule has 0 radical (unpaired) electrons. The van der Waals surface area contributed by atoms with Crippen molar-refractivity contribution in [1.29, 1.82) is 0 Å². The molecule has 0 atom stereocenters. The third-order valence-corrected chi connectivity index (χ3v) is 4.53. The van der Waals surface area contributed by atoms with Crippen LogP contribution in [0.15, 0.2) is 66.7 Å². The van der Waals surface area contributed by atoms with E-state index in [4.69, 9.17) is 18.9 Å². The van der Waals surface area contributed by atoms with Gasteiger partial charge in [-0.15, -0.1) is 0 Å².